The molecule has 0 aliphatic heterocycles. The molecule has 0 saturated heterocycles. The zero-order valence-corrected chi connectivity index (χ0v) is 12.5. The van der Waals surface area contributed by atoms with E-state index < -0.39 is 0 Å². The Hall–Kier alpha value is -2.02. The molecule has 108 valence electrons. The highest BCUT2D eigenvalue weighted by atomic mass is 32.1. The minimum atomic E-state index is 0.485. The number of nitrogens with zero attached hydrogens (tertiary/aromatic N) is 2. The molecule has 0 amide bonds. The largest absolute Gasteiger partial charge is 0.493 e. The van der Waals surface area contributed by atoms with Gasteiger partial charge in [0, 0.05) is 6.42 Å². The average molecular weight is 295 g/mol. The highest BCUT2D eigenvalue weighted by molar-refractivity contribution is 7.15. The molecule has 7 heteroatoms. The van der Waals surface area contributed by atoms with Crippen molar-refractivity contribution in [3.8, 4) is 17.2 Å². The van der Waals surface area contributed by atoms with Crippen LogP contribution in [-0.4, -0.2) is 31.5 Å². The first-order valence-electron chi connectivity index (χ1n) is 6.05. The first-order chi connectivity index (χ1) is 9.69. The van der Waals surface area contributed by atoms with Crippen LogP contribution in [0.4, 0.5) is 5.13 Å². The lowest BCUT2D eigenvalue weighted by atomic mass is 10.1. The summed E-state index contributed by atoms with van der Waals surface area (Å²) in [5.41, 5.74) is 6.60. The molecule has 0 aliphatic carbocycles. The van der Waals surface area contributed by atoms with Crippen molar-refractivity contribution in [1.29, 1.82) is 0 Å². The molecular weight excluding hydrogens is 278 g/mol. The van der Waals surface area contributed by atoms with Crippen LogP contribution < -0.4 is 19.9 Å². The monoisotopic (exact) mass is 295 g/mol. The lowest BCUT2D eigenvalue weighted by Crippen LogP contribution is -2.00. The number of benzene rings is 1. The molecule has 1 aromatic carbocycles. The maximum atomic E-state index is 5.57. The first kappa shape index (κ1) is 14.4. The van der Waals surface area contributed by atoms with Gasteiger partial charge in [-0.25, -0.2) is 0 Å². The third kappa shape index (κ3) is 2.93. The zero-order valence-electron chi connectivity index (χ0n) is 11.7. The summed E-state index contributed by atoms with van der Waals surface area (Å²) < 4.78 is 16.1. The van der Waals surface area contributed by atoms with Gasteiger partial charge in [-0.2, -0.15) is 0 Å². The standard InChI is InChI=1S/C13H17N3O3S/c1-17-9-6-4-8(11(18-2)12(9)19-3)5-7-10-15-16-13(14)20-10/h4,6H,5,7H2,1-3H3,(H2,14,16). The number of aromatic nitrogens is 2. The minimum Gasteiger partial charge on any atom is -0.493 e. The maximum absolute atomic E-state index is 5.57. The third-order valence-electron chi connectivity index (χ3n) is 2.88. The predicted molar refractivity (Wildman–Crippen MR) is 77.8 cm³/mol. The number of hydrogen-bond donors (Lipinski definition) is 1. The Labute approximate surface area is 121 Å². The Bertz CT molecular complexity index is 586. The van der Waals surface area contributed by atoms with E-state index in [2.05, 4.69) is 10.2 Å². The molecule has 2 rings (SSSR count). The summed E-state index contributed by atoms with van der Waals surface area (Å²) in [6, 6.07) is 3.83. The smallest absolute Gasteiger partial charge is 0.203 e. The molecule has 20 heavy (non-hydrogen) atoms. The number of aryl methyl sites for hydroxylation is 2. The second-order valence-corrected chi connectivity index (χ2v) is 5.12. The Morgan fingerprint density at radius 3 is 2.30 bits per heavy atom. The van der Waals surface area contributed by atoms with E-state index >= 15 is 0 Å². The summed E-state index contributed by atoms with van der Waals surface area (Å²) in [5, 5.41) is 9.20. The molecule has 1 heterocycles. The third-order valence-corrected chi connectivity index (χ3v) is 3.69. The van der Waals surface area contributed by atoms with Gasteiger partial charge < -0.3 is 19.9 Å². The number of nitrogen functional groups attached to an aromatic ring is 1. The van der Waals surface area contributed by atoms with Crippen LogP contribution in [0.1, 0.15) is 10.6 Å². The predicted octanol–water partition coefficient (Wildman–Crippen LogP) is 1.93. The van der Waals surface area contributed by atoms with Crippen molar-refractivity contribution in [3.63, 3.8) is 0 Å². The van der Waals surface area contributed by atoms with Gasteiger partial charge in [0.2, 0.25) is 10.9 Å². The molecule has 0 bridgehead atoms. The van der Waals surface area contributed by atoms with Crippen molar-refractivity contribution in [2.75, 3.05) is 27.1 Å². The van der Waals surface area contributed by atoms with E-state index in [1.54, 1.807) is 21.3 Å². The van der Waals surface area contributed by atoms with E-state index in [-0.39, 0.29) is 0 Å². The van der Waals surface area contributed by atoms with Crippen molar-refractivity contribution in [2.45, 2.75) is 12.8 Å². The fourth-order valence-electron chi connectivity index (χ4n) is 1.97. The van der Waals surface area contributed by atoms with Gasteiger partial charge >= 0.3 is 0 Å². The Balaban J connectivity index is 2.22. The first-order valence-corrected chi connectivity index (χ1v) is 6.87. The van der Waals surface area contributed by atoms with Gasteiger partial charge in [-0.15, -0.1) is 10.2 Å². The molecule has 6 nitrogen and oxygen atoms in total. The Morgan fingerprint density at radius 1 is 1.00 bits per heavy atom. The van der Waals surface area contributed by atoms with Crippen molar-refractivity contribution in [2.24, 2.45) is 0 Å². The van der Waals surface area contributed by atoms with Gasteiger partial charge in [0.15, 0.2) is 11.5 Å². The van der Waals surface area contributed by atoms with Crippen molar-refractivity contribution in [1.82, 2.24) is 10.2 Å². The molecule has 2 N–H and O–H groups in total. The molecule has 0 radical (unpaired) electrons. The van der Waals surface area contributed by atoms with Crippen LogP contribution in [0.2, 0.25) is 0 Å². The molecule has 0 aliphatic rings. The highest BCUT2D eigenvalue weighted by Crippen LogP contribution is 2.40. The molecule has 0 spiro atoms. The van der Waals surface area contributed by atoms with E-state index in [9.17, 15) is 0 Å². The maximum Gasteiger partial charge on any atom is 0.203 e. The van der Waals surface area contributed by atoms with E-state index in [0.717, 1.165) is 23.4 Å². The van der Waals surface area contributed by atoms with Gasteiger partial charge in [0.25, 0.3) is 0 Å². The summed E-state index contributed by atoms with van der Waals surface area (Å²) in [6.07, 6.45) is 1.51. The van der Waals surface area contributed by atoms with Crippen LogP contribution in [0.15, 0.2) is 12.1 Å². The normalized spacial score (nSPS) is 10.3. The van der Waals surface area contributed by atoms with E-state index in [1.165, 1.54) is 11.3 Å². The molecule has 0 saturated carbocycles. The van der Waals surface area contributed by atoms with Crippen LogP contribution in [0, 0.1) is 0 Å². The minimum absolute atomic E-state index is 0.485. The second kappa shape index (κ2) is 6.42. The highest BCUT2D eigenvalue weighted by Gasteiger charge is 2.16. The van der Waals surface area contributed by atoms with Gasteiger partial charge in [-0.1, -0.05) is 17.4 Å². The van der Waals surface area contributed by atoms with Crippen LogP contribution in [0.3, 0.4) is 0 Å². The molecule has 0 unspecified atom stereocenters. The fraction of sp³-hybridized carbons (Fsp3) is 0.385. The summed E-state index contributed by atoms with van der Waals surface area (Å²) in [6.45, 7) is 0. The van der Waals surface area contributed by atoms with Crippen LogP contribution in [0.25, 0.3) is 0 Å². The van der Waals surface area contributed by atoms with Gasteiger partial charge in [-0.3, -0.25) is 0 Å². The summed E-state index contributed by atoms with van der Waals surface area (Å²) in [4.78, 5) is 0. The molecule has 0 fully saturated rings. The van der Waals surface area contributed by atoms with Crippen molar-refractivity contribution in [3.05, 3.63) is 22.7 Å². The van der Waals surface area contributed by atoms with E-state index in [4.69, 9.17) is 19.9 Å². The van der Waals surface area contributed by atoms with Gasteiger partial charge in [-0.05, 0) is 18.1 Å². The molecule has 1 aromatic heterocycles. The lowest BCUT2D eigenvalue weighted by molar-refractivity contribution is 0.322. The number of anilines is 1. The van der Waals surface area contributed by atoms with Crippen LogP contribution in [-0.2, 0) is 12.8 Å². The van der Waals surface area contributed by atoms with Crippen LogP contribution in [0.5, 0.6) is 17.2 Å². The van der Waals surface area contributed by atoms with Crippen molar-refractivity contribution >= 4 is 16.5 Å². The second-order valence-electron chi connectivity index (χ2n) is 4.03. The fourth-order valence-corrected chi connectivity index (χ4v) is 2.58. The number of nitrogens with two attached hydrogens (primary N) is 1. The lowest BCUT2D eigenvalue weighted by Gasteiger charge is -2.15. The topological polar surface area (TPSA) is 79.5 Å². The van der Waals surface area contributed by atoms with E-state index in [0.29, 0.717) is 22.4 Å². The number of ether oxygens (including phenoxy) is 3. The molecular formula is C13H17N3O3S. The quantitative estimate of drug-likeness (QED) is 0.877. The Kier molecular flexibility index (Phi) is 4.62. The van der Waals surface area contributed by atoms with Crippen LogP contribution >= 0.6 is 11.3 Å². The summed E-state index contributed by atoms with van der Waals surface area (Å²) in [7, 11) is 4.81. The van der Waals surface area contributed by atoms with E-state index in [1.807, 2.05) is 12.1 Å². The SMILES string of the molecule is COc1ccc(CCc2nnc(N)s2)c(OC)c1OC. The van der Waals surface area contributed by atoms with Gasteiger partial charge in [0.05, 0.1) is 21.3 Å². The van der Waals surface area contributed by atoms with Crippen molar-refractivity contribution < 1.29 is 14.2 Å². The summed E-state index contributed by atoms with van der Waals surface area (Å²) >= 11 is 1.40. The number of hydrogen-bond acceptors (Lipinski definition) is 7. The van der Waals surface area contributed by atoms with Gasteiger partial charge in [0.1, 0.15) is 5.01 Å². The number of methoxy groups -OCH3 is 3. The Morgan fingerprint density at radius 2 is 1.75 bits per heavy atom. The molecule has 2 aromatic rings. The molecule has 0 atom stereocenters. The summed E-state index contributed by atoms with van der Waals surface area (Å²) in [5.74, 6) is 1.93. The average Bonchev–Trinajstić information content (AvgIpc) is 2.89. The zero-order chi connectivity index (χ0) is 14.5. The number of rotatable bonds is 6.